The summed E-state index contributed by atoms with van der Waals surface area (Å²) in [5.74, 6) is -0.195. The maximum absolute atomic E-state index is 12.2. The fraction of sp³-hybridized carbons (Fsp3) is 0.100. The lowest BCUT2D eigenvalue weighted by molar-refractivity contribution is -0.121. The van der Waals surface area contributed by atoms with E-state index in [1.165, 1.54) is 5.39 Å². The van der Waals surface area contributed by atoms with Gasteiger partial charge in [-0.1, -0.05) is 58.4 Å². The van der Waals surface area contributed by atoms with E-state index in [0.717, 1.165) is 21.1 Å². The summed E-state index contributed by atoms with van der Waals surface area (Å²) in [6, 6.07) is 21.4. The first-order valence-corrected chi connectivity index (χ1v) is 8.75. The highest BCUT2D eigenvalue weighted by Crippen LogP contribution is 2.19. The van der Waals surface area contributed by atoms with Crippen LogP contribution in [-0.2, 0) is 4.79 Å². The van der Waals surface area contributed by atoms with Crippen LogP contribution in [0.15, 0.2) is 76.3 Å². The van der Waals surface area contributed by atoms with Gasteiger partial charge in [0.25, 0.3) is 5.91 Å². The van der Waals surface area contributed by atoms with E-state index >= 15 is 0 Å². The molecule has 126 valence electrons. The molecule has 25 heavy (non-hydrogen) atoms. The standard InChI is InChI=1S/C20H18BrN3O/c1-14(20(25)24-22-13-15-5-4-8-18(21)11-15)23-19-10-9-16-6-2-3-7-17(16)12-19/h2-14,23H,1H3,(H,24,25)/b22-13-/t14-/m0/s1. The number of fused-ring (bicyclic) bond motifs is 1. The molecule has 0 radical (unpaired) electrons. The average Bonchev–Trinajstić information content (AvgIpc) is 2.61. The van der Waals surface area contributed by atoms with Gasteiger partial charge in [0.1, 0.15) is 6.04 Å². The summed E-state index contributed by atoms with van der Waals surface area (Å²) in [7, 11) is 0. The molecule has 4 nitrogen and oxygen atoms in total. The molecule has 0 aliphatic heterocycles. The van der Waals surface area contributed by atoms with Gasteiger partial charge in [0.2, 0.25) is 0 Å². The van der Waals surface area contributed by atoms with Crippen LogP contribution < -0.4 is 10.7 Å². The van der Waals surface area contributed by atoms with Gasteiger partial charge in [-0.3, -0.25) is 4.79 Å². The van der Waals surface area contributed by atoms with Crippen LogP contribution in [0, 0.1) is 0 Å². The van der Waals surface area contributed by atoms with Crippen molar-refractivity contribution in [3.63, 3.8) is 0 Å². The van der Waals surface area contributed by atoms with E-state index in [0.29, 0.717) is 0 Å². The lowest BCUT2D eigenvalue weighted by Gasteiger charge is -2.14. The Labute approximate surface area is 155 Å². The largest absolute Gasteiger partial charge is 0.374 e. The lowest BCUT2D eigenvalue weighted by atomic mass is 10.1. The minimum atomic E-state index is -0.402. The van der Waals surface area contributed by atoms with Crippen LogP contribution in [0.25, 0.3) is 10.8 Å². The topological polar surface area (TPSA) is 53.5 Å². The normalized spacial score (nSPS) is 12.2. The third-order valence-corrected chi connectivity index (χ3v) is 4.26. The van der Waals surface area contributed by atoms with Gasteiger partial charge < -0.3 is 5.32 Å². The molecule has 3 aromatic rings. The Morgan fingerprint density at radius 1 is 1.04 bits per heavy atom. The van der Waals surface area contributed by atoms with Crippen molar-refractivity contribution in [2.24, 2.45) is 5.10 Å². The third kappa shape index (κ3) is 4.67. The summed E-state index contributed by atoms with van der Waals surface area (Å²) in [5, 5.41) is 9.51. The minimum Gasteiger partial charge on any atom is -0.374 e. The van der Waals surface area contributed by atoms with Gasteiger partial charge in [0, 0.05) is 10.2 Å². The van der Waals surface area contributed by atoms with E-state index in [9.17, 15) is 4.79 Å². The number of benzene rings is 3. The number of carbonyl (C=O) groups excluding carboxylic acids is 1. The van der Waals surface area contributed by atoms with Crippen molar-refractivity contribution in [2.45, 2.75) is 13.0 Å². The molecule has 1 atom stereocenters. The van der Waals surface area contributed by atoms with Gasteiger partial charge in [0.05, 0.1) is 6.21 Å². The number of hydrogen-bond donors (Lipinski definition) is 2. The van der Waals surface area contributed by atoms with Gasteiger partial charge in [-0.25, -0.2) is 5.43 Å². The van der Waals surface area contributed by atoms with E-state index in [-0.39, 0.29) is 5.91 Å². The van der Waals surface area contributed by atoms with E-state index in [4.69, 9.17) is 0 Å². The molecule has 3 aromatic carbocycles. The molecular formula is C20H18BrN3O. The summed E-state index contributed by atoms with van der Waals surface area (Å²) < 4.78 is 0.967. The van der Waals surface area contributed by atoms with Crippen LogP contribution >= 0.6 is 15.9 Å². The average molecular weight is 396 g/mol. The molecule has 0 unspecified atom stereocenters. The van der Waals surface area contributed by atoms with Gasteiger partial charge in [-0.15, -0.1) is 0 Å². The molecule has 0 aromatic heterocycles. The highest BCUT2D eigenvalue weighted by molar-refractivity contribution is 9.10. The van der Waals surface area contributed by atoms with Crippen LogP contribution in [0.4, 0.5) is 5.69 Å². The zero-order valence-electron chi connectivity index (χ0n) is 13.7. The summed E-state index contributed by atoms with van der Waals surface area (Å²) >= 11 is 3.40. The highest BCUT2D eigenvalue weighted by atomic mass is 79.9. The number of rotatable bonds is 5. The summed E-state index contributed by atoms with van der Waals surface area (Å²) in [6.07, 6.45) is 1.62. The van der Waals surface area contributed by atoms with Crippen molar-refractivity contribution >= 4 is 44.5 Å². The van der Waals surface area contributed by atoms with E-state index in [1.54, 1.807) is 13.1 Å². The van der Waals surface area contributed by atoms with Gasteiger partial charge >= 0.3 is 0 Å². The molecule has 0 fully saturated rings. The molecule has 3 rings (SSSR count). The number of hydrazone groups is 1. The maximum Gasteiger partial charge on any atom is 0.262 e. The SMILES string of the molecule is C[C@H](Nc1ccc2ccccc2c1)C(=O)N/N=C\c1cccc(Br)c1. The highest BCUT2D eigenvalue weighted by Gasteiger charge is 2.11. The van der Waals surface area contributed by atoms with Crippen LogP contribution in [0.1, 0.15) is 12.5 Å². The molecule has 0 saturated heterocycles. The monoisotopic (exact) mass is 395 g/mol. The van der Waals surface area contributed by atoms with Crippen molar-refractivity contribution in [2.75, 3.05) is 5.32 Å². The van der Waals surface area contributed by atoms with E-state index < -0.39 is 6.04 Å². The number of amides is 1. The van der Waals surface area contributed by atoms with E-state index in [1.807, 2.05) is 60.7 Å². The molecule has 0 aliphatic carbocycles. The summed E-state index contributed by atoms with van der Waals surface area (Å²) in [6.45, 7) is 1.80. The van der Waals surface area contributed by atoms with Crippen LogP contribution in [0.5, 0.6) is 0 Å². The summed E-state index contributed by atoms with van der Waals surface area (Å²) in [5.41, 5.74) is 4.37. The number of nitrogens with one attached hydrogen (secondary N) is 2. The maximum atomic E-state index is 12.2. The predicted octanol–water partition coefficient (Wildman–Crippen LogP) is 4.55. The number of nitrogens with zero attached hydrogens (tertiary/aromatic N) is 1. The molecule has 1 amide bonds. The molecule has 0 heterocycles. The van der Waals surface area contributed by atoms with Crippen LogP contribution in [-0.4, -0.2) is 18.2 Å². The second-order valence-corrected chi connectivity index (χ2v) is 6.63. The quantitative estimate of drug-likeness (QED) is 0.491. The van der Waals surface area contributed by atoms with E-state index in [2.05, 4.69) is 37.8 Å². The van der Waals surface area contributed by atoms with Gasteiger partial charge in [-0.05, 0) is 47.5 Å². The zero-order valence-corrected chi connectivity index (χ0v) is 15.3. The van der Waals surface area contributed by atoms with Crippen molar-refractivity contribution in [3.05, 3.63) is 76.8 Å². The first-order valence-electron chi connectivity index (χ1n) is 7.96. The first kappa shape index (κ1) is 17.2. The minimum absolute atomic E-state index is 0.195. The molecule has 0 bridgehead atoms. The first-order chi connectivity index (χ1) is 12.1. The Balaban J connectivity index is 1.59. The Bertz CT molecular complexity index is 923. The van der Waals surface area contributed by atoms with Crippen molar-refractivity contribution < 1.29 is 4.79 Å². The Morgan fingerprint density at radius 3 is 2.64 bits per heavy atom. The Morgan fingerprint density at radius 2 is 1.84 bits per heavy atom. The smallest absolute Gasteiger partial charge is 0.262 e. The number of halogens is 1. The molecule has 5 heteroatoms. The molecule has 0 saturated carbocycles. The number of hydrogen-bond acceptors (Lipinski definition) is 3. The molecular weight excluding hydrogens is 378 g/mol. The predicted molar refractivity (Wildman–Crippen MR) is 107 cm³/mol. The van der Waals surface area contributed by atoms with Crippen LogP contribution in [0.3, 0.4) is 0 Å². The molecule has 2 N–H and O–H groups in total. The number of carbonyl (C=O) groups is 1. The zero-order chi connectivity index (χ0) is 17.6. The van der Waals surface area contributed by atoms with Crippen LogP contribution in [0.2, 0.25) is 0 Å². The second-order valence-electron chi connectivity index (χ2n) is 5.72. The fourth-order valence-electron chi connectivity index (χ4n) is 2.45. The van der Waals surface area contributed by atoms with Gasteiger partial charge in [0.15, 0.2) is 0 Å². The Kier molecular flexibility index (Phi) is 5.46. The van der Waals surface area contributed by atoms with Crippen molar-refractivity contribution in [1.29, 1.82) is 0 Å². The second kappa shape index (κ2) is 7.94. The lowest BCUT2D eigenvalue weighted by Crippen LogP contribution is -2.34. The molecule has 0 spiro atoms. The molecule has 0 aliphatic rings. The summed E-state index contributed by atoms with van der Waals surface area (Å²) in [4.78, 5) is 12.2. The van der Waals surface area contributed by atoms with Crippen molar-refractivity contribution in [1.82, 2.24) is 5.43 Å². The Hall–Kier alpha value is -2.66. The van der Waals surface area contributed by atoms with Crippen molar-refractivity contribution in [3.8, 4) is 0 Å². The fourth-order valence-corrected chi connectivity index (χ4v) is 2.87. The number of anilines is 1. The van der Waals surface area contributed by atoms with Gasteiger partial charge in [-0.2, -0.15) is 5.10 Å². The third-order valence-electron chi connectivity index (χ3n) is 3.76.